The molecule has 88 valence electrons. The Hall–Kier alpha value is -1.88. The zero-order valence-electron chi connectivity index (χ0n) is 9.65. The summed E-state index contributed by atoms with van der Waals surface area (Å²) in [4.78, 5) is 16.3. The van der Waals surface area contributed by atoms with Crippen molar-refractivity contribution in [3.8, 4) is 0 Å². The summed E-state index contributed by atoms with van der Waals surface area (Å²) >= 11 is 1.30. The quantitative estimate of drug-likeness (QED) is 0.801. The highest BCUT2D eigenvalue weighted by Crippen LogP contribution is 2.26. The average Bonchev–Trinajstić information content (AvgIpc) is 2.83. The van der Waals surface area contributed by atoms with Gasteiger partial charge < -0.3 is 11.1 Å². The van der Waals surface area contributed by atoms with Crippen molar-refractivity contribution in [3.05, 3.63) is 39.8 Å². The van der Waals surface area contributed by atoms with Crippen molar-refractivity contribution in [2.24, 2.45) is 0 Å². The van der Waals surface area contributed by atoms with Crippen LogP contribution in [0, 0.1) is 13.8 Å². The average molecular weight is 247 g/mol. The van der Waals surface area contributed by atoms with Crippen molar-refractivity contribution in [2.75, 3.05) is 11.1 Å². The minimum absolute atomic E-state index is 0.173. The Balaban J connectivity index is 2.31. The van der Waals surface area contributed by atoms with Crippen molar-refractivity contribution in [3.63, 3.8) is 0 Å². The minimum atomic E-state index is -0.173. The number of benzene rings is 1. The monoisotopic (exact) mass is 247 g/mol. The fraction of sp³-hybridized carbons (Fsp3) is 0.167. The highest BCUT2D eigenvalue weighted by Gasteiger charge is 2.12. The Morgan fingerprint density at radius 1 is 1.41 bits per heavy atom. The molecule has 0 fully saturated rings. The summed E-state index contributed by atoms with van der Waals surface area (Å²) in [6, 6.07) is 3.73. The summed E-state index contributed by atoms with van der Waals surface area (Å²) in [5.41, 5.74) is 10.8. The predicted molar refractivity (Wildman–Crippen MR) is 70.4 cm³/mol. The summed E-state index contributed by atoms with van der Waals surface area (Å²) in [5, 5.41) is 2.83. The summed E-state index contributed by atoms with van der Waals surface area (Å²) in [5.74, 6) is -0.173. The maximum atomic E-state index is 11.9. The van der Waals surface area contributed by atoms with Gasteiger partial charge in [-0.2, -0.15) is 0 Å². The molecule has 0 atom stereocenters. The number of carbonyl (C=O) groups is 1. The molecule has 0 aliphatic rings. The molecule has 1 amide bonds. The van der Waals surface area contributed by atoms with Crippen LogP contribution < -0.4 is 11.1 Å². The number of aromatic nitrogens is 1. The van der Waals surface area contributed by atoms with Gasteiger partial charge in [0, 0.05) is 0 Å². The van der Waals surface area contributed by atoms with Gasteiger partial charge in [0.2, 0.25) is 0 Å². The first-order valence-electron chi connectivity index (χ1n) is 5.15. The number of amides is 1. The molecule has 1 aromatic heterocycles. The number of nitrogens with two attached hydrogens (primary N) is 1. The fourth-order valence-electron chi connectivity index (χ4n) is 1.51. The lowest BCUT2D eigenvalue weighted by Crippen LogP contribution is -2.13. The topological polar surface area (TPSA) is 68.0 Å². The van der Waals surface area contributed by atoms with Gasteiger partial charge in [-0.25, -0.2) is 0 Å². The van der Waals surface area contributed by atoms with E-state index in [0.29, 0.717) is 16.3 Å². The molecule has 4 nitrogen and oxygen atoms in total. The molecule has 0 aliphatic carbocycles. The second-order valence-electron chi connectivity index (χ2n) is 3.79. The van der Waals surface area contributed by atoms with Crippen molar-refractivity contribution >= 4 is 28.6 Å². The normalized spacial score (nSPS) is 10.2. The number of carbonyl (C=O) groups excluding carboxylic acids is 1. The lowest BCUT2D eigenvalue weighted by atomic mass is 10.1. The van der Waals surface area contributed by atoms with E-state index in [4.69, 9.17) is 5.73 Å². The van der Waals surface area contributed by atoms with Crippen LogP contribution in [0.3, 0.4) is 0 Å². The van der Waals surface area contributed by atoms with E-state index < -0.39 is 0 Å². The van der Waals surface area contributed by atoms with Crippen molar-refractivity contribution in [2.45, 2.75) is 13.8 Å². The van der Waals surface area contributed by atoms with E-state index in [1.165, 1.54) is 11.3 Å². The number of nitrogen functional groups attached to an aromatic ring is 1. The zero-order chi connectivity index (χ0) is 12.4. The highest BCUT2D eigenvalue weighted by molar-refractivity contribution is 7.11. The van der Waals surface area contributed by atoms with Crippen LogP contribution in [0.15, 0.2) is 23.8 Å². The smallest absolute Gasteiger partial charge is 0.267 e. The van der Waals surface area contributed by atoms with Crippen LogP contribution in [0.5, 0.6) is 0 Å². The Labute approximate surface area is 103 Å². The molecule has 0 spiro atoms. The van der Waals surface area contributed by atoms with Gasteiger partial charge >= 0.3 is 0 Å². The first kappa shape index (κ1) is 11.6. The number of thiazole rings is 1. The molecule has 0 saturated carbocycles. The second-order valence-corrected chi connectivity index (χ2v) is 4.68. The standard InChI is InChI=1S/C12H13N3OS/c1-7-3-4-9(13)11(8(7)2)15-12(16)10-5-14-6-17-10/h3-6H,13H2,1-2H3,(H,15,16). The van der Waals surface area contributed by atoms with Gasteiger partial charge in [-0.1, -0.05) is 6.07 Å². The highest BCUT2D eigenvalue weighted by atomic mass is 32.1. The molecular formula is C12H13N3OS. The summed E-state index contributed by atoms with van der Waals surface area (Å²) < 4.78 is 0. The lowest BCUT2D eigenvalue weighted by Gasteiger charge is -2.12. The number of nitrogens with zero attached hydrogens (tertiary/aromatic N) is 1. The van der Waals surface area contributed by atoms with Crippen molar-refractivity contribution < 1.29 is 4.79 Å². The molecular weight excluding hydrogens is 234 g/mol. The van der Waals surface area contributed by atoms with Gasteiger partial charge in [0.25, 0.3) is 5.91 Å². The fourth-order valence-corrected chi connectivity index (χ4v) is 2.02. The van der Waals surface area contributed by atoms with Crippen LogP contribution in [0.2, 0.25) is 0 Å². The van der Waals surface area contributed by atoms with Crippen LogP contribution >= 0.6 is 11.3 Å². The molecule has 1 heterocycles. The Bertz CT molecular complexity index is 549. The predicted octanol–water partition coefficient (Wildman–Crippen LogP) is 2.59. The largest absolute Gasteiger partial charge is 0.397 e. The third kappa shape index (κ3) is 2.29. The van der Waals surface area contributed by atoms with E-state index in [2.05, 4.69) is 10.3 Å². The molecule has 5 heteroatoms. The van der Waals surface area contributed by atoms with Gasteiger partial charge in [0.15, 0.2) is 0 Å². The summed E-state index contributed by atoms with van der Waals surface area (Å²) in [7, 11) is 0. The first-order chi connectivity index (χ1) is 8.09. The molecule has 17 heavy (non-hydrogen) atoms. The van der Waals surface area contributed by atoms with E-state index in [0.717, 1.165) is 11.1 Å². The van der Waals surface area contributed by atoms with Gasteiger partial charge in [0.1, 0.15) is 4.88 Å². The third-order valence-electron chi connectivity index (χ3n) is 2.66. The maximum Gasteiger partial charge on any atom is 0.267 e. The van der Waals surface area contributed by atoms with Gasteiger partial charge in [-0.3, -0.25) is 9.78 Å². The molecule has 0 saturated heterocycles. The third-order valence-corrected chi connectivity index (χ3v) is 3.43. The number of rotatable bonds is 2. The number of anilines is 2. The molecule has 2 rings (SSSR count). The van der Waals surface area contributed by atoms with E-state index in [9.17, 15) is 4.79 Å². The van der Waals surface area contributed by atoms with Crippen molar-refractivity contribution in [1.29, 1.82) is 0 Å². The molecule has 0 radical (unpaired) electrons. The van der Waals surface area contributed by atoms with Crippen LogP contribution in [-0.2, 0) is 0 Å². The maximum absolute atomic E-state index is 11.9. The summed E-state index contributed by atoms with van der Waals surface area (Å²) in [6.45, 7) is 3.92. The molecule has 3 N–H and O–H groups in total. The van der Waals surface area contributed by atoms with Crippen LogP contribution in [0.25, 0.3) is 0 Å². The van der Waals surface area contributed by atoms with Crippen LogP contribution in [0.4, 0.5) is 11.4 Å². The number of hydrogen-bond donors (Lipinski definition) is 2. The van der Waals surface area contributed by atoms with Crippen LogP contribution in [-0.4, -0.2) is 10.9 Å². The van der Waals surface area contributed by atoms with Crippen molar-refractivity contribution in [1.82, 2.24) is 4.98 Å². The molecule has 1 aromatic carbocycles. The number of hydrogen-bond acceptors (Lipinski definition) is 4. The van der Waals surface area contributed by atoms with E-state index >= 15 is 0 Å². The van der Waals surface area contributed by atoms with E-state index in [-0.39, 0.29) is 5.91 Å². The van der Waals surface area contributed by atoms with Gasteiger partial charge in [-0.15, -0.1) is 11.3 Å². The molecule has 2 aromatic rings. The van der Waals surface area contributed by atoms with E-state index in [1.54, 1.807) is 17.8 Å². The SMILES string of the molecule is Cc1ccc(N)c(NC(=O)c2cncs2)c1C. The zero-order valence-corrected chi connectivity index (χ0v) is 10.5. The molecule has 0 unspecified atom stereocenters. The Morgan fingerprint density at radius 2 is 2.18 bits per heavy atom. The molecule has 0 aliphatic heterocycles. The number of nitrogens with one attached hydrogen (secondary N) is 1. The first-order valence-corrected chi connectivity index (χ1v) is 6.03. The minimum Gasteiger partial charge on any atom is -0.397 e. The Kier molecular flexibility index (Phi) is 3.10. The lowest BCUT2D eigenvalue weighted by molar-refractivity contribution is 0.103. The van der Waals surface area contributed by atoms with Gasteiger partial charge in [0.05, 0.1) is 23.1 Å². The summed E-state index contributed by atoms with van der Waals surface area (Å²) in [6.07, 6.45) is 1.54. The van der Waals surface area contributed by atoms with E-state index in [1.807, 2.05) is 19.9 Å². The van der Waals surface area contributed by atoms with Crippen LogP contribution in [0.1, 0.15) is 20.8 Å². The number of aryl methyl sites for hydroxylation is 1. The van der Waals surface area contributed by atoms with Gasteiger partial charge in [-0.05, 0) is 31.0 Å². The Morgan fingerprint density at radius 3 is 2.82 bits per heavy atom. The molecule has 0 bridgehead atoms. The second kappa shape index (κ2) is 4.55.